The number of methoxy groups -OCH3 is 1. The summed E-state index contributed by atoms with van der Waals surface area (Å²) in [4.78, 5) is 23.6. The summed E-state index contributed by atoms with van der Waals surface area (Å²) in [5.41, 5.74) is 1.98. The molecule has 1 amide bonds. The Balaban J connectivity index is 1.47. The number of hydrogen-bond donors (Lipinski definition) is 1. The summed E-state index contributed by atoms with van der Waals surface area (Å²) in [6, 6.07) is 15.8. The van der Waals surface area contributed by atoms with Crippen LogP contribution < -0.4 is 15.0 Å². The molecule has 1 saturated heterocycles. The van der Waals surface area contributed by atoms with Crippen molar-refractivity contribution < 1.29 is 13.9 Å². The fourth-order valence-electron chi connectivity index (χ4n) is 3.64. The van der Waals surface area contributed by atoms with Crippen LogP contribution in [0.2, 0.25) is 0 Å². The van der Waals surface area contributed by atoms with E-state index in [9.17, 15) is 9.18 Å². The van der Waals surface area contributed by atoms with Crippen molar-refractivity contribution in [2.45, 2.75) is 12.8 Å². The second-order valence-corrected chi connectivity index (χ2v) is 7.24. The van der Waals surface area contributed by atoms with Crippen LogP contribution in [0.25, 0.3) is 11.3 Å². The van der Waals surface area contributed by atoms with Gasteiger partial charge in [0.1, 0.15) is 23.7 Å². The summed E-state index contributed by atoms with van der Waals surface area (Å²) >= 11 is 0. The number of benzene rings is 2. The molecule has 4 rings (SSSR count). The maximum absolute atomic E-state index is 13.9. The number of carbonyl (C=O) groups is 1. The van der Waals surface area contributed by atoms with Gasteiger partial charge in [0.2, 0.25) is 5.91 Å². The first-order valence-corrected chi connectivity index (χ1v) is 9.91. The fourth-order valence-corrected chi connectivity index (χ4v) is 3.64. The second kappa shape index (κ2) is 8.90. The van der Waals surface area contributed by atoms with Gasteiger partial charge < -0.3 is 15.0 Å². The van der Waals surface area contributed by atoms with Gasteiger partial charge in [0, 0.05) is 24.7 Å². The van der Waals surface area contributed by atoms with Crippen molar-refractivity contribution in [1.82, 2.24) is 9.97 Å². The third kappa shape index (κ3) is 4.40. The van der Waals surface area contributed by atoms with Crippen LogP contribution >= 0.6 is 0 Å². The zero-order chi connectivity index (χ0) is 20.9. The Kier molecular flexibility index (Phi) is 5.88. The minimum absolute atomic E-state index is 0.172. The Morgan fingerprint density at radius 3 is 2.73 bits per heavy atom. The van der Waals surface area contributed by atoms with Gasteiger partial charge in [0.25, 0.3) is 0 Å². The maximum Gasteiger partial charge on any atom is 0.229 e. The largest absolute Gasteiger partial charge is 0.497 e. The van der Waals surface area contributed by atoms with Crippen LogP contribution in [-0.4, -0.2) is 36.1 Å². The molecule has 1 aliphatic rings. The number of nitrogens with one attached hydrogen (secondary N) is 1. The molecule has 7 heteroatoms. The van der Waals surface area contributed by atoms with Crippen molar-refractivity contribution in [3.8, 4) is 17.0 Å². The molecule has 3 aromatic rings. The standard InChI is InChI=1S/C23H23FN4O2/c1-30-18-10-8-16(9-11-18)21-13-22(26-15-25-21)28-12-4-5-17(14-28)23(29)27-20-7-3-2-6-19(20)24/h2-3,6-11,13,15,17H,4-5,12,14H2,1H3,(H,27,29). The Hall–Kier alpha value is -3.48. The normalized spacial score (nSPS) is 16.2. The van der Waals surface area contributed by atoms with Crippen LogP contribution in [0.5, 0.6) is 5.75 Å². The first-order chi connectivity index (χ1) is 14.6. The Labute approximate surface area is 174 Å². The molecule has 1 fully saturated rings. The number of amides is 1. The van der Waals surface area contributed by atoms with Gasteiger partial charge in [-0.1, -0.05) is 12.1 Å². The molecule has 1 aromatic heterocycles. The molecule has 1 aliphatic heterocycles. The SMILES string of the molecule is COc1ccc(-c2cc(N3CCCC(C(=O)Nc4ccccc4F)C3)ncn2)cc1. The van der Waals surface area contributed by atoms with E-state index in [1.807, 2.05) is 30.3 Å². The number of ether oxygens (including phenoxy) is 1. The highest BCUT2D eigenvalue weighted by Crippen LogP contribution is 2.27. The fraction of sp³-hybridized carbons (Fsp3) is 0.261. The number of nitrogens with zero attached hydrogens (tertiary/aromatic N) is 3. The van der Waals surface area contributed by atoms with Crippen molar-refractivity contribution in [1.29, 1.82) is 0 Å². The van der Waals surface area contributed by atoms with Crippen LogP contribution in [0, 0.1) is 11.7 Å². The molecule has 0 radical (unpaired) electrons. The summed E-state index contributed by atoms with van der Waals surface area (Å²) in [5.74, 6) is 0.720. The van der Waals surface area contributed by atoms with Gasteiger partial charge in [0.15, 0.2) is 0 Å². The van der Waals surface area contributed by atoms with Gasteiger partial charge in [-0.3, -0.25) is 4.79 Å². The van der Waals surface area contributed by atoms with Crippen molar-refractivity contribution in [2.24, 2.45) is 5.92 Å². The van der Waals surface area contributed by atoms with Gasteiger partial charge in [-0.2, -0.15) is 0 Å². The van der Waals surface area contributed by atoms with E-state index in [2.05, 4.69) is 20.2 Å². The molecular weight excluding hydrogens is 383 g/mol. The highest BCUT2D eigenvalue weighted by atomic mass is 19.1. The van der Waals surface area contributed by atoms with Crippen LogP contribution in [-0.2, 0) is 4.79 Å². The number of anilines is 2. The summed E-state index contributed by atoms with van der Waals surface area (Å²) < 4.78 is 19.1. The number of halogens is 1. The Morgan fingerprint density at radius 1 is 1.17 bits per heavy atom. The van der Waals surface area contributed by atoms with Gasteiger partial charge in [-0.05, 0) is 49.2 Å². The van der Waals surface area contributed by atoms with E-state index < -0.39 is 5.82 Å². The Bertz CT molecular complexity index is 1030. The average Bonchev–Trinajstić information content (AvgIpc) is 2.81. The van der Waals surface area contributed by atoms with Crippen LogP contribution in [0.4, 0.5) is 15.9 Å². The van der Waals surface area contributed by atoms with Crippen molar-refractivity contribution in [3.63, 3.8) is 0 Å². The predicted molar refractivity (Wildman–Crippen MR) is 114 cm³/mol. The smallest absolute Gasteiger partial charge is 0.229 e. The zero-order valence-electron chi connectivity index (χ0n) is 16.7. The topological polar surface area (TPSA) is 67.3 Å². The highest BCUT2D eigenvalue weighted by Gasteiger charge is 2.27. The molecule has 1 atom stereocenters. The molecule has 1 N–H and O–H groups in total. The maximum atomic E-state index is 13.9. The predicted octanol–water partition coefficient (Wildman–Crippen LogP) is 4.15. The van der Waals surface area contributed by atoms with E-state index in [0.29, 0.717) is 6.54 Å². The lowest BCUT2D eigenvalue weighted by atomic mass is 9.97. The lowest BCUT2D eigenvalue weighted by Gasteiger charge is -2.33. The zero-order valence-corrected chi connectivity index (χ0v) is 16.7. The minimum atomic E-state index is -0.432. The number of para-hydroxylation sites is 1. The monoisotopic (exact) mass is 406 g/mol. The van der Waals surface area contributed by atoms with Gasteiger partial charge >= 0.3 is 0 Å². The summed E-state index contributed by atoms with van der Waals surface area (Å²) in [7, 11) is 1.63. The number of carbonyl (C=O) groups excluding carboxylic acids is 1. The minimum Gasteiger partial charge on any atom is -0.497 e. The molecule has 30 heavy (non-hydrogen) atoms. The number of aromatic nitrogens is 2. The third-order valence-electron chi connectivity index (χ3n) is 5.29. The molecule has 2 heterocycles. The van der Waals surface area contributed by atoms with Crippen molar-refractivity contribution in [2.75, 3.05) is 30.4 Å². The highest BCUT2D eigenvalue weighted by molar-refractivity contribution is 5.93. The van der Waals surface area contributed by atoms with Crippen molar-refractivity contribution in [3.05, 3.63) is 66.7 Å². The van der Waals surface area contributed by atoms with E-state index in [4.69, 9.17) is 4.74 Å². The third-order valence-corrected chi connectivity index (χ3v) is 5.29. The van der Waals surface area contributed by atoms with Crippen LogP contribution in [0.3, 0.4) is 0 Å². The molecule has 0 spiro atoms. The molecule has 0 bridgehead atoms. The van der Waals surface area contributed by atoms with Gasteiger partial charge in [-0.15, -0.1) is 0 Å². The van der Waals surface area contributed by atoms with E-state index >= 15 is 0 Å². The van der Waals surface area contributed by atoms with E-state index in [1.165, 1.54) is 12.4 Å². The number of hydrogen-bond acceptors (Lipinski definition) is 5. The van der Waals surface area contributed by atoms with Crippen LogP contribution in [0.15, 0.2) is 60.9 Å². The molecule has 154 valence electrons. The number of rotatable bonds is 5. The molecular formula is C23H23FN4O2. The summed E-state index contributed by atoms with van der Waals surface area (Å²) in [5, 5.41) is 2.71. The summed E-state index contributed by atoms with van der Waals surface area (Å²) in [6.07, 6.45) is 3.16. The quantitative estimate of drug-likeness (QED) is 0.690. The number of piperidine rings is 1. The van der Waals surface area contributed by atoms with Gasteiger partial charge in [-0.25, -0.2) is 14.4 Å². The first-order valence-electron chi connectivity index (χ1n) is 9.91. The van der Waals surface area contributed by atoms with E-state index in [1.54, 1.807) is 25.3 Å². The summed E-state index contributed by atoms with van der Waals surface area (Å²) in [6.45, 7) is 1.34. The lowest BCUT2D eigenvalue weighted by Crippen LogP contribution is -2.41. The first kappa shape index (κ1) is 19.8. The molecule has 0 aliphatic carbocycles. The molecule has 1 unspecified atom stereocenters. The molecule has 0 saturated carbocycles. The second-order valence-electron chi connectivity index (χ2n) is 7.24. The van der Waals surface area contributed by atoms with E-state index in [-0.39, 0.29) is 17.5 Å². The van der Waals surface area contributed by atoms with Gasteiger partial charge in [0.05, 0.1) is 24.4 Å². The lowest BCUT2D eigenvalue weighted by molar-refractivity contribution is -0.120. The van der Waals surface area contributed by atoms with Crippen LogP contribution in [0.1, 0.15) is 12.8 Å². The molecule has 6 nitrogen and oxygen atoms in total. The average molecular weight is 406 g/mol. The van der Waals surface area contributed by atoms with Crippen molar-refractivity contribution >= 4 is 17.4 Å². The molecule has 2 aromatic carbocycles. The van der Waals surface area contributed by atoms with E-state index in [0.717, 1.165) is 42.2 Å². The Morgan fingerprint density at radius 2 is 1.97 bits per heavy atom.